The van der Waals surface area contributed by atoms with E-state index in [2.05, 4.69) is 15.5 Å². The number of rotatable bonds is 8. The van der Waals surface area contributed by atoms with Crippen LogP contribution in [0.1, 0.15) is 25.7 Å². The highest BCUT2D eigenvalue weighted by Crippen LogP contribution is 2.70. The molecular formula is C22H19Cl2N3O2S. The lowest BCUT2D eigenvalue weighted by atomic mass is 9.38. The fraction of sp³-hybridized carbons (Fsp3) is 0.318. The molecular weight excluding hydrogens is 441 g/mol. The minimum Gasteiger partial charge on any atom is -0.486 e. The Kier molecular flexibility index (Phi) is 4.96. The number of ether oxygens (including phenoxy) is 1. The van der Waals surface area contributed by atoms with Crippen LogP contribution in [0.25, 0.3) is 10.6 Å². The van der Waals surface area contributed by atoms with Gasteiger partial charge >= 0.3 is 0 Å². The van der Waals surface area contributed by atoms with Crippen molar-refractivity contribution in [1.82, 2.24) is 10.2 Å². The van der Waals surface area contributed by atoms with Crippen molar-refractivity contribution in [2.75, 3.05) is 11.9 Å². The maximum absolute atomic E-state index is 12.4. The Morgan fingerprint density at radius 3 is 2.30 bits per heavy atom. The van der Waals surface area contributed by atoms with Crippen molar-refractivity contribution in [2.45, 2.75) is 31.2 Å². The van der Waals surface area contributed by atoms with E-state index in [0.29, 0.717) is 22.2 Å². The number of ketones is 1. The number of carbonyl (C=O) groups excluding carboxylic acids is 1. The summed E-state index contributed by atoms with van der Waals surface area (Å²) in [5, 5.41) is 15.2. The van der Waals surface area contributed by atoms with Gasteiger partial charge in [-0.15, -0.1) is 10.2 Å². The Bertz CT molecular complexity index is 1060. The average Bonchev–Trinajstić information content (AvgIpc) is 3.14. The lowest BCUT2D eigenvalue weighted by Crippen LogP contribution is -2.71. The van der Waals surface area contributed by atoms with Gasteiger partial charge in [0.15, 0.2) is 5.78 Å². The third-order valence-corrected chi connectivity index (χ3v) is 7.21. The van der Waals surface area contributed by atoms with Crippen molar-refractivity contribution in [1.29, 1.82) is 0 Å². The van der Waals surface area contributed by atoms with Gasteiger partial charge in [-0.25, -0.2) is 0 Å². The first kappa shape index (κ1) is 19.8. The molecule has 2 aromatic carbocycles. The van der Waals surface area contributed by atoms with Crippen LogP contribution in [0.3, 0.4) is 0 Å². The molecule has 1 heterocycles. The van der Waals surface area contributed by atoms with Crippen LogP contribution in [-0.4, -0.2) is 28.1 Å². The van der Waals surface area contributed by atoms with Gasteiger partial charge in [-0.05, 0) is 61.1 Å². The molecule has 0 saturated heterocycles. The van der Waals surface area contributed by atoms with E-state index in [1.807, 2.05) is 24.3 Å². The number of carbonyl (C=O) groups is 1. The fourth-order valence-corrected chi connectivity index (χ4v) is 5.81. The molecule has 30 heavy (non-hydrogen) atoms. The van der Waals surface area contributed by atoms with Crippen LogP contribution in [-0.2, 0) is 4.79 Å². The van der Waals surface area contributed by atoms with E-state index < -0.39 is 0 Å². The van der Waals surface area contributed by atoms with Crippen LogP contribution in [0, 0.1) is 5.41 Å². The van der Waals surface area contributed by atoms with E-state index >= 15 is 0 Å². The van der Waals surface area contributed by atoms with Crippen LogP contribution in [0.2, 0.25) is 10.0 Å². The van der Waals surface area contributed by atoms with Gasteiger partial charge in [0, 0.05) is 27.6 Å². The Labute approximate surface area is 188 Å². The highest BCUT2D eigenvalue weighted by atomic mass is 35.5. The average molecular weight is 460 g/mol. The third kappa shape index (κ3) is 3.92. The van der Waals surface area contributed by atoms with Gasteiger partial charge in [0.05, 0.1) is 0 Å². The smallest absolute Gasteiger partial charge is 0.206 e. The summed E-state index contributed by atoms with van der Waals surface area (Å²) in [4.78, 5) is 12.4. The summed E-state index contributed by atoms with van der Waals surface area (Å²) in [6.45, 7) is 0.102. The molecule has 3 fully saturated rings. The Hall–Kier alpha value is -2.15. The number of Topliss-reactive ketones (excluding diaryl/α,β-unsaturated/α-hetero) is 1. The maximum atomic E-state index is 12.4. The monoisotopic (exact) mass is 459 g/mol. The Morgan fingerprint density at radius 1 is 1.00 bits per heavy atom. The number of nitrogens with zero attached hydrogens (tertiary/aromatic N) is 2. The molecule has 0 spiro atoms. The molecule has 3 aliphatic rings. The number of nitrogens with one attached hydrogen (secondary N) is 1. The zero-order valence-electron chi connectivity index (χ0n) is 16.0. The Balaban J connectivity index is 1.11. The van der Waals surface area contributed by atoms with Crippen LogP contribution in [0.5, 0.6) is 5.75 Å². The number of anilines is 1. The SMILES string of the molecule is O=C(COc1ccc(Cl)cc1)CC12CC(Nc3nnc(-c4ccc(Cl)cc4)s3)(C1)C2. The quantitative estimate of drug-likeness (QED) is 0.455. The summed E-state index contributed by atoms with van der Waals surface area (Å²) in [5.41, 5.74) is 1.19. The van der Waals surface area contributed by atoms with Gasteiger partial charge in [0.25, 0.3) is 0 Å². The van der Waals surface area contributed by atoms with Gasteiger partial charge in [-0.3, -0.25) is 4.79 Å². The number of halogens is 2. The molecule has 1 aromatic heterocycles. The van der Waals surface area contributed by atoms with Crippen LogP contribution in [0.4, 0.5) is 5.13 Å². The van der Waals surface area contributed by atoms with Crippen LogP contribution in [0.15, 0.2) is 48.5 Å². The van der Waals surface area contributed by atoms with Crippen LogP contribution < -0.4 is 10.1 Å². The first-order chi connectivity index (χ1) is 14.4. The fourth-order valence-electron chi connectivity index (χ4n) is 4.69. The van der Waals surface area contributed by atoms with E-state index in [9.17, 15) is 4.79 Å². The van der Waals surface area contributed by atoms with Gasteiger partial charge in [0.2, 0.25) is 5.13 Å². The van der Waals surface area contributed by atoms with Gasteiger partial charge in [-0.1, -0.05) is 46.7 Å². The van der Waals surface area contributed by atoms with Gasteiger partial charge in [-0.2, -0.15) is 0 Å². The summed E-state index contributed by atoms with van der Waals surface area (Å²) in [6.07, 6.45) is 3.53. The maximum Gasteiger partial charge on any atom is 0.206 e. The van der Waals surface area contributed by atoms with E-state index in [1.165, 1.54) is 11.3 Å². The topological polar surface area (TPSA) is 64.1 Å². The summed E-state index contributed by atoms with van der Waals surface area (Å²) in [7, 11) is 0. The molecule has 8 heteroatoms. The minimum atomic E-state index is 0.0636. The minimum absolute atomic E-state index is 0.0636. The van der Waals surface area contributed by atoms with Gasteiger partial charge in [0.1, 0.15) is 17.4 Å². The molecule has 3 aromatic rings. The normalized spacial score (nSPS) is 23.9. The summed E-state index contributed by atoms with van der Waals surface area (Å²) >= 11 is 13.3. The number of benzene rings is 2. The Morgan fingerprint density at radius 2 is 1.63 bits per heavy atom. The zero-order chi connectivity index (χ0) is 20.8. The number of hydrogen-bond acceptors (Lipinski definition) is 6. The summed E-state index contributed by atoms with van der Waals surface area (Å²) in [6, 6.07) is 14.6. The van der Waals surface area contributed by atoms with Crippen molar-refractivity contribution < 1.29 is 9.53 Å². The lowest BCUT2D eigenvalue weighted by molar-refractivity contribution is -0.147. The zero-order valence-corrected chi connectivity index (χ0v) is 18.4. The largest absolute Gasteiger partial charge is 0.486 e. The molecule has 3 saturated carbocycles. The molecule has 6 rings (SSSR count). The second kappa shape index (κ2) is 7.52. The molecule has 0 unspecified atom stereocenters. The molecule has 154 valence electrons. The van der Waals surface area contributed by atoms with Crippen molar-refractivity contribution in [3.8, 4) is 16.3 Å². The first-order valence-electron chi connectivity index (χ1n) is 9.71. The predicted molar refractivity (Wildman–Crippen MR) is 120 cm³/mol. The molecule has 0 amide bonds. The van der Waals surface area contributed by atoms with Crippen molar-refractivity contribution in [2.24, 2.45) is 5.41 Å². The first-order valence-corrected chi connectivity index (χ1v) is 11.3. The van der Waals surface area contributed by atoms with Crippen molar-refractivity contribution in [3.63, 3.8) is 0 Å². The number of aromatic nitrogens is 2. The van der Waals surface area contributed by atoms with E-state index in [1.54, 1.807) is 24.3 Å². The highest BCUT2D eigenvalue weighted by Gasteiger charge is 2.68. The molecule has 3 aliphatic carbocycles. The third-order valence-electron chi connectivity index (χ3n) is 5.81. The predicted octanol–water partition coefficient (Wildman–Crippen LogP) is 5.88. The summed E-state index contributed by atoms with van der Waals surface area (Å²) < 4.78 is 5.58. The molecule has 5 nitrogen and oxygen atoms in total. The van der Waals surface area contributed by atoms with E-state index in [0.717, 1.165) is 35.0 Å². The molecule has 2 bridgehead atoms. The molecule has 0 atom stereocenters. The summed E-state index contributed by atoms with van der Waals surface area (Å²) in [5.74, 6) is 0.801. The molecule has 0 radical (unpaired) electrons. The highest BCUT2D eigenvalue weighted by molar-refractivity contribution is 7.18. The van der Waals surface area contributed by atoms with E-state index in [-0.39, 0.29) is 23.3 Å². The van der Waals surface area contributed by atoms with Crippen molar-refractivity contribution >= 4 is 45.5 Å². The molecule has 0 aliphatic heterocycles. The second-order valence-corrected chi connectivity index (χ2v) is 10.2. The van der Waals surface area contributed by atoms with E-state index in [4.69, 9.17) is 27.9 Å². The number of hydrogen-bond donors (Lipinski definition) is 1. The van der Waals surface area contributed by atoms with Crippen LogP contribution >= 0.6 is 34.5 Å². The van der Waals surface area contributed by atoms with Gasteiger partial charge < -0.3 is 10.1 Å². The van der Waals surface area contributed by atoms with Crippen molar-refractivity contribution in [3.05, 3.63) is 58.6 Å². The second-order valence-electron chi connectivity index (χ2n) is 8.31. The standard InChI is InChI=1S/C22H19Cl2N3O2S/c23-15-3-1-14(2-4-15)19-26-27-20(30-19)25-22-11-21(12-22,13-22)9-17(28)10-29-18-7-5-16(24)6-8-18/h1-8H,9-13H2,(H,25,27). The molecule has 1 N–H and O–H groups in total. The lowest BCUT2D eigenvalue weighted by Gasteiger charge is -2.70.